The van der Waals surface area contributed by atoms with Gasteiger partial charge in [-0.1, -0.05) is 67.6 Å². The third-order valence-corrected chi connectivity index (χ3v) is 6.04. The third kappa shape index (κ3) is 8.25. The molecule has 0 radical (unpaired) electrons. The molecule has 2 N–H and O–H groups in total. The van der Waals surface area contributed by atoms with E-state index in [2.05, 4.69) is 15.6 Å². The average molecular weight is 560 g/mol. The van der Waals surface area contributed by atoms with E-state index in [1.54, 1.807) is 55.5 Å². The molecule has 4 aromatic rings. The summed E-state index contributed by atoms with van der Waals surface area (Å²) in [6, 6.07) is 20.5. The second kappa shape index (κ2) is 13.9. The lowest BCUT2D eigenvalue weighted by molar-refractivity contribution is -0.147. The van der Waals surface area contributed by atoms with Crippen LogP contribution in [0.5, 0.6) is 0 Å². The van der Waals surface area contributed by atoms with E-state index in [0.717, 1.165) is 17.2 Å². The van der Waals surface area contributed by atoms with Crippen LogP contribution in [0.1, 0.15) is 40.0 Å². The van der Waals surface area contributed by atoms with Crippen molar-refractivity contribution >= 4 is 18.0 Å². The molecule has 1 atom stereocenters. The van der Waals surface area contributed by atoms with Gasteiger partial charge in [0.1, 0.15) is 25.1 Å². The molecule has 0 aliphatic carbocycles. The minimum atomic E-state index is -1.28. The highest BCUT2D eigenvalue weighted by molar-refractivity contribution is 5.96. The van der Waals surface area contributed by atoms with E-state index in [4.69, 9.17) is 13.9 Å². The van der Waals surface area contributed by atoms with E-state index in [0.29, 0.717) is 29.3 Å². The molecule has 0 aliphatic rings. The number of aryl methyl sites for hydroxylation is 2. The fraction of sp³-hybridized carbons (Fsp3) is 0.226. The third-order valence-electron chi connectivity index (χ3n) is 6.04. The van der Waals surface area contributed by atoms with Gasteiger partial charge in [0, 0.05) is 24.6 Å². The Bertz CT molecular complexity index is 1490. The van der Waals surface area contributed by atoms with Crippen LogP contribution in [0.15, 0.2) is 83.3 Å². The Morgan fingerprint density at radius 2 is 1.56 bits per heavy atom. The molecule has 41 heavy (non-hydrogen) atoms. The Balaban J connectivity index is 1.45. The fourth-order valence-electron chi connectivity index (χ4n) is 4.01. The lowest BCUT2D eigenvalue weighted by atomic mass is 10.1. The number of aromatic nitrogens is 1. The molecule has 10 heteroatoms. The molecule has 0 saturated heterocycles. The van der Waals surface area contributed by atoms with E-state index < -0.39 is 29.8 Å². The van der Waals surface area contributed by atoms with E-state index in [1.165, 1.54) is 12.1 Å². The van der Waals surface area contributed by atoms with Crippen LogP contribution >= 0.6 is 0 Å². The Labute approximate surface area is 236 Å². The van der Waals surface area contributed by atoms with Crippen LogP contribution in [0.3, 0.4) is 0 Å². The summed E-state index contributed by atoms with van der Waals surface area (Å²) >= 11 is 0. The molecule has 3 aromatic carbocycles. The maximum atomic E-state index is 14.5. The number of halogens is 1. The highest BCUT2D eigenvalue weighted by atomic mass is 19.1. The quantitative estimate of drug-likeness (QED) is 0.245. The normalized spacial score (nSPS) is 11.4. The Hall–Kier alpha value is -4.99. The monoisotopic (exact) mass is 559 g/mol. The number of nitrogens with zero attached hydrogens (tertiary/aromatic N) is 1. The van der Waals surface area contributed by atoms with Crippen molar-refractivity contribution in [3.63, 3.8) is 0 Å². The molecule has 2 amide bonds. The lowest BCUT2D eigenvalue weighted by Gasteiger charge is -2.18. The maximum Gasteiger partial charge on any atom is 0.408 e. The number of oxazole rings is 1. The molecule has 4 rings (SSSR count). The van der Waals surface area contributed by atoms with Crippen LogP contribution in [-0.4, -0.2) is 35.5 Å². The zero-order chi connectivity index (χ0) is 29.2. The first-order valence-electron chi connectivity index (χ1n) is 13.1. The Kier molecular flexibility index (Phi) is 9.82. The van der Waals surface area contributed by atoms with Gasteiger partial charge in [-0.3, -0.25) is 4.79 Å². The van der Waals surface area contributed by atoms with Crippen LogP contribution < -0.4 is 10.6 Å². The number of carbonyl (C=O) groups excluding carboxylic acids is 3. The topological polar surface area (TPSA) is 120 Å². The van der Waals surface area contributed by atoms with Crippen LogP contribution in [0, 0.1) is 12.7 Å². The number of esters is 1. The van der Waals surface area contributed by atoms with Crippen molar-refractivity contribution in [2.24, 2.45) is 0 Å². The average Bonchev–Trinajstić information content (AvgIpc) is 3.38. The molecule has 0 spiro atoms. The van der Waals surface area contributed by atoms with E-state index >= 15 is 0 Å². The van der Waals surface area contributed by atoms with Crippen molar-refractivity contribution in [3.05, 3.63) is 113 Å². The molecule has 0 unspecified atom stereocenters. The fourth-order valence-corrected chi connectivity index (χ4v) is 4.01. The first kappa shape index (κ1) is 29.0. The molecule has 0 aliphatic heterocycles. The second-order valence-electron chi connectivity index (χ2n) is 9.15. The zero-order valence-electron chi connectivity index (χ0n) is 22.7. The number of carbonyl (C=O) groups is 3. The Morgan fingerprint density at radius 3 is 2.20 bits per heavy atom. The van der Waals surface area contributed by atoms with E-state index in [9.17, 15) is 18.8 Å². The minimum Gasteiger partial charge on any atom is -0.459 e. The maximum absolute atomic E-state index is 14.5. The molecule has 0 fully saturated rings. The van der Waals surface area contributed by atoms with Gasteiger partial charge in [-0.15, -0.1) is 0 Å². The van der Waals surface area contributed by atoms with Gasteiger partial charge in [-0.25, -0.2) is 19.0 Å². The zero-order valence-corrected chi connectivity index (χ0v) is 22.7. The van der Waals surface area contributed by atoms with Crippen LogP contribution in [-0.2, 0) is 33.9 Å². The van der Waals surface area contributed by atoms with Gasteiger partial charge in [0.15, 0.2) is 11.7 Å². The largest absolute Gasteiger partial charge is 0.459 e. The lowest BCUT2D eigenvalue weighted by Crippen LogP contribution is -2.49. The van der Waals surface area contributed by atoms with Crippen LogP contribution in [0.2, 0.25) is 0 Å². The van der Waals surface area contributed by atoms with Gasteiger partial charge in [0.05, 0.1) is 5.69 Å². The number of hydrogen-bond donors (Lipinski definition) is 2. The molecule has 0 bridgehead atoms. The van der Waals surface area contributed by atoms with Gasteiger partial charge in [-0.2, -0.15) is 0 Å². The number of ether oxygens (including phenoxy) is 2. The number of nitrogens with one attached hydrogen (secondary N) is 2. The summed E-state index contributed by atoms with van der Waals surface area (Å²) in [5.74, 6) is -1.29. The molecular weight excluding hydrogens is 529 g/mol. The summed E-state index contributed by atoms with van der Waals surface area (Å²) in [5.41, 5.74) is 2.50. The number of alkyl carbamates (subject to hydrolysis) is 1. The van der Waals surface area contributed by atoms with Crippen molar-refractivity contribution in [2.75, 3.05) is 6.54 Å². The smallest absolute Gasteiger partial charge is 0.408 e. The summed E-state index contributed by atoms with van der Waals surface area (Å²) in [4.78, 5) is 42.7. The highest BCUT2D eigenvalue weighted by Gasteiger charge is 2.25. The van der Waals surface area contributed by atoms with Crippen molar-refractivity contribution < 1.29 is 32.7 Å². The van der Waals surface area contributed by atoms with E-state index in [1.807, 2.05) is 19.1 Å². The summed E-state index contributed by atoms with van der Waals surface area (Å²) in [6.07, 6.45) is -0.311. The van der Waals surface area contributed by atoms with E-state index in [-0.39, 0.29) is 25.3 Å². The predicted octanol–water partition coefficient (Wildman–Crippen LogP) is 5.12. The van der Waals surface area contributed by atoms with Gasteiger partial charge >= 0.3 is 12.1 Å². The summed E-state index contributed by atoms with van der Waals surface area (Å²) in [5, 5.41) is 5.02. The molecule has 1 heterocycles. The minimum absolute atomic E-state index is 0.000775. The second-order valence-corrected chi connectivity index (χ2v) is 9.15. The standard InChI is InChI=1S/C31H30FN3O6/c1-3-26-28(41-20(2)34-26)23-14-24(16-25(32)15-23)29(36)33-17-27(30(37)39-18-21-10-6-4-7-11-21)35-31(38)40-19-22-12-8-5-9-13-22/h4-16,27H,3,17-19H2,1-2H3,(H,33,36)(H,35,38)/t27-/m1/s1. The highest BCUT2D eigenvalue weighted by Crippen LogP contribution is 2.27. The number of amides is 2. The van der Waals surface area contributed by atoms with Crippen molar-refractivity contribution in [3.8, 4) is 11.3 Å². The van der Waals surface area contributed by atoms with Crippen LogP contribution in [0.4, 0.5) is 9.18 Å². The molecule has 212 valence electrons. The first-order chi connectivity index (χ1) is 19.8. The molecule has 1 aromatic heterocycles. The number of benzene rings is 3. The van der Waals surface area contributed by atoms with Gasteiger partial charge in [-0.05, 0) is 35.7 Å². The van der Waals surface area contributed by atoms with Gasteiger partial charge < -0.3 is 24.5 Å². The van der Waals surface area contributed by atoms with Crippen molar-refractivity contribution in [1.82, 2.24) is 15.6 Å². The molecule has 0 saturated carbocycles. The number of rotatable bonds is 11. The van der Waals surface area contributed by atoms with Gasteiger partial charge in [0.25, 0.3) is 5.91 Å². The van der Waals surface area contributed by atoms with Gasteiger partial charge in [0.2, 0.25) is 0 Å². The van der Waals surface area contributed by atoms with Crippen LogP contribution in [0.25, 0.3) is 11.3 Å². The molecular formula is C31H30FN3O6. The summed E-state index contributed by atoms with van der Waals surface area (Å²) in [6.45, 7) is 3.19. The summed E-state index contributed by atoms with van der Waals surface area (Å²) in [7, 11) is 0. The number of hydrogen-bond acceptors (Lipinski definition) is 7. The van der Waals surface area contributed by atoms with Crippen molar-refractivity contribution in [2.45, 2.75) is 39.5 Å². The summed E-state index contributed by atoms with van der Waals surface area (Å²) < 4.78 is 30.8. The molecule has 9 nitrogen and oxygen atoms in total. The first-order valence-corrected chi connectivity index (χ1v) is 13.1. The van der Waals surface area contributed by atoms with Crippen molar-refractivity contribution in [1.29, 1.82) is 0 Å². The Morgan fingerprint density at radius 1 is 0.927 bits per heavy atom. The SMILES string of the molecule is CCc1nc(C)oc1-c1cc(F)cc(C(=O)NC[C@@H](NC(=O)OCc2ccccc2)C(=O)OCc2ccccc2)c1. The predicted molar refractivity (Wildman–Crippen MR) is 148 cm³/mol.